The van der Waals surface area contributed by atoms with Gasteiger partial charge in [-0.3, -0.25) is 0 Å². The molecule has 1 aromatic carbocycles. The Morgan fingerprint density at radius 3 is 2.31 bits per heavy atom. The summed E-state index contributed by atoms with van der Waals surface area (Å²) in [6.45, 7) is 3.90. The maximum atomic E-state index is 9.78. The Kier molecular flexibility index (Phi) is 2.79. The zero-order chi connectivity index (χ0) is 11.7. The average Bonchev–Trinajstić information content (AvgIpc) is 2.28. The fourth-order valence-corrected chi connectivity index (χ4v) is 1.82. The van der Waals surface area contributed by atoms with Crippen LogP contribution in [0, 0.1) is 18.4 Å². The molecule has 0 unspecified atom stereocenters. The van der Waals surface area contributed by atoms with Crippen LogP contribution in [-0.4, -0.2) is 9.67 Å². The van der Waals surface area contributed by atoms with E-state index < -0.39 is 0 Å². The van der Waals surface area contributed by atoms with Crippen molar-refractivity contribution in [1.29, 1.82) is 0 Å². The van der Waals surface area contributed by atoms with Crippen molar-refractivity contribution in [2.45, 2.75) is 13.8 Å². The third-order valence-electron chi connectivity index (χ3n) is 2.62. The fraction of sp³-hybridized carbons (Fsp3) is 0.154. The maximum Gasteiger partial charge on any atom is 0.153 e. The van der Waals surface area contributed by atoms with E-state index in [4.69, 9.17) is 12.2 Å². The first-order chi connectivity index (χ1) is 7.59. The molecule has 1 aromatic heterocycles. The van der Waals surface area contributed by atoms with Crippen molar-refractivity contribution >= 4 is 12.2 Å². The molecule has 0 fully saturated rings. The molecule has 0 atom stereocenters. The average molecular weight is 231 g/mol. The van der Waals surface area contributed by atoms with Gasteiger partial charge in [0, 0.05) is 11.9 Å². The lowest BCUT2D eigenvalue weighted by Crippen LogP contribution is -1.99. The highest BCUT2D eigenvalue weighted by Gasteiger charge is 2.04. The monoisotopic (exact) mass is 231 g/mol. The SMILES string of the molecule is Cc1ccc(-n2ccc(=S)c(O)c2C)cc1. The summed E-state index contributed by atoms with van der Waals surface area (Å²) in [6, 6.07) is 9.86. The molecule has 0 aliphatic heterocycles. The first-order valence-corrected chi connectivity index (χ1v) is 5.48. The zero-order valence-electron chi connectivity index (χ0n) is 9.27. The standard InChI is InChI=1S/C13H13NOS/c1-9-3-5-11(6-4-9)14-8-7-12(16)13(15)10(14)2/h3-8,15H,1-2H3. The summed E-state index contributed by atoms with van der Waals surface area (Å²) in [5.74, 6) is 0.179. The van der Waals surface area contributed by atoms with E-state index in [1.807, 2.05) is 48.9 Å². The van der Waals surface area contributed by atoms with Gasteiger partial charge in [-0.15, -0.1) is 0 Å². The number of aromatic nitrogens is 1. The smallest absolute Gasteiger partial charge is 0.153 e. The summed E-state index contributed by atoms with van der Waals surface area (Å²) in [7, 11) is 0. The van der Waals surface area contributed by atoms with Crippen LogP contribution in [0.3, 0.4) is 0 Å². The first-order valence-electron chi connectivity index (χ1n) is 5.08. The van der Waals surface area contributed by atoms with E-state index in [-0.39, 0.29) is 5.75 Å². The van der Waals surface area contributed by atoms with Crippen molar-refractivity contribution in [3.63, 3.8) is 0 Å². The molecule has 0 aliphatic rings. The van der Waals surface area contributed by atoms with Gasteiger partial charge in [-0.2, -0.15) is 0 Å². The van der Waals surface area contributed by atoms with Crippen LogP contribution in [0.4, 0.5) is 0 Å². The molecule has 3 heteroatoms. The highest BCUT2D eigenvalue weighted by molar-refractivity contribution is 7.71. The fourth-order valence-electron chi connectivity index (χ4n) is 1.61. The summed E-state index contributed by atoms with van der Waals surface area (Å²) in [4.78, 5) is 0. The van der Waals surface area contributed by atoms with Gasteiger partial charge >= 0.3 is 0 Å². The van der Waals surface area contributed by atoms with Gasteiger partial charge in [0.2, 0.25) is 0 Å². The number of nitrogens with zero attached hydrogens (tertiary/aromatic N) is 1. The molecular formula is C13H13NOS. The van der Waals surface area contributed by atoms with Gasteiger partial charge in [0.05, 0.1) is 10.2 Å². The molecule has 1 heterocycles. The lowest BCUT2D eigenvalue weighted by molar-refractivity contribution is 0.463. The van der Waals surface area contributed by atoms with Crippen LogP contribution in [0.5, 0.6) is 5.75 Å². The molecule has 2 aromatic rings. The second-order valence-electron chi connectivity index (χ2n) is 3.82. The van der Waals surface area contributed by atoms with E-state index >= 15 is 0 Å². The molecule has 2 nitrogen and oxygen atoms in total. The van der Waals surface area contributed by atoms with Crippen LogP contribution in [0.2, 0.25) is 0 Å². The van der Waals surface area contributed by atoms with Crippen molar-refractivity contribution in [3.8, 4) is 11.4 Å². The van der Waals surface area contributed by atoms with Crippen molar-refractivity contribution in [2.24, 2.45) is 0 Å². The largest absolute Gasteiger partial charge is 0.505 e. The number of aromatic hydroxyl groups is 1. The highest BCUT2D eigenvalue weighted by Crippen LogP contribution is 2.21. The molecule has 0 amide bonds. The van der Waals surface area contributed by atoms with Gasteiger partial charge in [-0.25, -0.2) is 0 Å². The highest BCUT2D eigenvalue weighted by atomic mass is 32.1. The summed E-state index contributed by atoms with van der Waals surface area (Å²) < 4.78 is 2.41. The van der Waals surface area contributed by atoms with Crippen molar-refractivity contribution in [3.05, 3.63) is 52.3 Å². The predicted octanol–water partition coefficient (Wildman–Crippen LogP) is 3.53. The van der Waals surface area contributed by atoms with E-state index in [0.29, 0.717) is 4.51 Å². The van der Waals surface area contributed by atoms with Crippen LogP contribution in [-0.2, 0) is 0 Å². The number of benzene rings is 1. The van der Waals surface area contributed by atoms with E-state index in [1.54, 1.807) is 6.07 Å². The predicted molar refractivity (Wildman–Crippen MR) is 67.7 cm³/mol. The molecule has 2 rings (SSSR count). The van der Waals surface area contributed by atoms with E-state index in [1.165, 1.54) is 5.56 Å². The molecule has 1 N–H and O–H groups in total. The Labute approximate surface area is 99.8 Å². The molecule has 0 radical (unpaired) electrons. The Bertz CT molecular complexity index is 569. The number of rotatable bonds is 1. The van der Waals surface area contributed by atoms with Crippen molar-refractivity contribution in [2.75, 3.05) is 0 Å². The van der Waals surface area contributed by atoms with E-state index in [2.05, 4.69) is 0 Å². The molecule has 0 aliphatic carbocycles. The van der Waals surface area contributed by atoms with Gasteiger partial charge in [0.1, 0.15) is 0 Å². The second kappa shape index (κ2) is 4.10. The van der Waals surface area contributed by atoms with E-state index in [0.717, 1.165) is 11.4 Å². The van der Waals surface area contributed by atoms with Crippen molar-refractivity contribution < 1.29 is 5.11 Å². The normalized spacial score (nSPS) is 10.4. The lowest BCUT2D eigenvalue weighted by Gasteiger charge is -2.12. The van der Waals surface area contributed by atoms with Gasteiger partial charge in [0.25, 0.3) is 0 Å². The van der Waals surface area contributed by atoms with Crippen LogP contribution in [0.25, 0.3) is 5.69 Å². The zero-order valence-corrected chi connectivity index (χ0v) is 10.1. The van der Waals surface area contributed by atoms with Crippen LogP contribution in [0.15, 0.2) is 36.5 Å². The summed E-state index contributed by atoms with van der Waals surface area (Å²) in [6.07, 6.45) is 1.88. The molecule has 0 saturated carbocycles. The van der Waals surface area contributed by atoms with Crippen molar-refractivity contribution in [1.82, 2.24) is 4.57 Å². The topological polar surface area (TPSA) is 25.2 Å². The molecule has 16 heavy (non-hydrogen) atoms. The number of pyridine rings is 1. The van der Waals surface area contributed by atoms with Gasteiger partial charge < -0.3 is 9.67 Å². The number of hydrogen-bond acceptors (Lipinski definition) is 2. The third-order valence-corrected chi connectivity index (χ3v) is 2.95. The number of aryl methyl sites for hydroxylation is 1. The Balaban J connectivity index is 2.61. The second-order valence-corrected chi connectivity index (χ2v) is 4.26. The molecular weight excluding hydrogens is 218 g/mol. The lowest BCUT2D eigenvalue weighted by atomic mass is 10.2. The molecule has 0 spiro atoms. The summed E-state index contributed by atoms with van der Waals surface area (Å²) in [5, 5.41) is 9.78. The van der Waals surface area contributed by atoms with Crippen LogP contribution < -0.4 is 0 Å². The van der Waals surface area contributed by atoms with Gasteiger partial charge in [-0.05, 0) is 32.0 Å². The molecule has 0 bridgehead atoms. The summed E-state index contributed by atoms with van der Waals surface area (Å²) in [5.41, 5.74) is 3.00. The quantitative estimate of drug-likeness (QED) is 0.759. The minimum absolute atomic E-state index is 0.179. The Morgan fingerprint density at radius 1 is 1.06 bits per heavy atom. The van der Waals surface area contributed by atoms with E-state index in [9.17, 15) is 5.11 Å². The summed E-state index contributed by atoms with van der Waals surface area (Å²) >= 11 is 5.01. The Morgan fingerprint density at radius 2 is 1.69 bits per heavy atom. The van der Waals surface area contributed by atoms with Crippen LogP contribution >= 0.6 is 12.2 Å². The first kappa shape index (κ1) is 10.9. The Hall–Kier alpha value is -1.61. The minimum atomic E-state index is 0.179. The third kappa shape index (κ3) is 1.86. The molecule has 0 saturated heterocycles. The van der Waals surface area contributed by atoms with Crippen LogP contribution in [0.1, 0.15) is 11.3 Å². The molecule has 82 valence electrons. The van der Waals surface area contributed by atoms with Gasteiger partial charge in [-0.1, -0.05) is 29.9 Å². The minimum Gasteiger partial charge on any atom is -0.505 e. The van der Waals surface area contributed by atoms with Gasteiger partial charge in [0.15, 0.2) is 5.75 Å². The number of hydrogen-bond donors (Lipinski definition) is 1. The maximum absolute atomic E-state index is 9.78.